The molecule has 3 atom stereocenters. The Labute approximate surface area is 203 Å². The minimum Gasteiger partial charge on any atom is -0.491 e. The standard InChI is InChI=1S/C20H30F3N3O7S2/c1-13-9-26(35(30,31)12-20(21,22)23)14(2)11-33-17-8-15(24-34(5,28)29)6-7-16(17)19(27)25(3)10-18(13)32-4/h6-8,13-14,18,24H,9-12H2,1-5H3/t13-,14-,18-/m1/s1. The molecule has 1 aromatic carbocycles. The van der Waals surface area contributed by atoms with Gasteiger partial charge in [0.05, 0.1) is 29.7 Å². The van der Waals surface area contributed by atoms with Crippen molar-refractivity contribution in [2.75, 3.05) is 50.6 Å². The molecule has 0 saturated heterocycles. The summed E-state index contributed by atoms with van der Waals surface area (Å²) in [6, 6.07) is 2.92. The van der Waals surface area contributed by atoms with Gasteiger partial charge in [0.2, 0.25) is 20.0 Å². The Morgan fingerprint density at radius 2 is 1.80 bits per heavy atom. The second kappa shape index (κ2) is 10.9. The van der Waals surface area contributed by atoms with E-state index in [2.05, 4.69) is 4.72 Å². The molecule has 0 aromatic heterocycles. The Balaban J connectivity index is 2.55. The molecule has 15 heteroatoms. The number of benzene rings is 1. The molecule has 0 radical (unpaired) electrons. The topological polar surface area (TPSA) is 122 Å². The summed E-state index contributed by atoms with van der Waals surface area (Å²) >= 11 is 0. The number of ether oxygens (including phenoxy) is 2. The third kappa shape index (κ3) is 8.22. The lowest BCUT2D eigenvalue weighted by Crippen LogP contribution is -2.50. The minimum absolute atomic E-state index is 0.0147. The molecule has 1 amide bonds. The van der Waals surface area contributed by atoms with Crippen LogP contribution in [0.1, 0.15) is 24.2 Å². The molecular formula is C20H30F3N3O7S2. The van der Waals surface area contributed by atoms with Crippen molar-refractivity contribution in [3.8, 4) is 5.75 Å². The molecular weight excluding hydrogens is 515 g/mol. The van der Waals surface area contributed by atoms with E-state index in [0.29, 0.717) is 0 Å². The molecule has 10 nitrogen and oxygen atoms in total. The number of halogens is 3. The van der Waals surface area contributed by atoms with E-state index in [9.17, 15) is 34.8 Å². The smallest absolute Gasteiger partial charge is 0.404 e. The van der Waals surface area contributed by atoms with E-state index in [-0.39, 0.29) is 30.1 Å². The maximum absolute atomic E-state index is 13.1. The number of sulfonamides is 2. The van der Waals surface area contributed by atoms with Crippen LogP contribution in [0, 0.1) is 5.92 Å². The number of alkyl halides is 3. The van der Waals surface area contributed by atoms with Gasteiger partial charge in [0.1, 0.15) is 12.4 Å². The van der Waals surface area contributed by atoms with Gasteiger partial charge in [-0.3, -0.25) is 9.52 Å². The number of rotatable bonds is 5. The van der Waals surface area contributed by atoms with E-state index in [1.807, 2.05) is 0 Å². The van der Waals surface area contributed by atoms with Gasteiger partial charge in [0.15, 0.2) is 5.75 Å². The highest BCUT2D eigenvalue weighted by atomic mass is 32.2. The first-order chi connectivity index (χ1) is 15.9. The lowest BCUT2D eigenvalue weighted by molar-refractivity contribution is -0.107. The Morgan fingerprint density at radius 3 is 2.34 bits per heavy atom. The number of amides is 1. The quantitative estimate of drug-likeness (QED) is 0.598. The van der Waals surface area contributed by atoms with Crippen molar-refractivity contribution < 1.29 is 44.3 Å². The first-order valence-corrected chi connectivity index (χ1v) is 14.0. The van der Waals surface area contributed by atoms with Crippen LogP contribution >= 0.6 is 0 Å². The number of carbonyl (C=O) groups excluding carboxylic acids is 1. The number of hydrogen-bond acceptors (Lipinski definition) is 7. The van der Waals surface area contributed by atoms with E-state index < -0.39 is 62.6 Å². The minimum atomic E-state index is -4.95. The molecule has 1 heterocycles. The van der Waals surface area contributed by atoms with Crippen LogP contribution in [0.4, 0.5) is 18.9 Å². The number of fused-ring (bicyclic) bond motifs is 1. The summed E-state index contributed by atoms with van der Waals surface area (Å²) in [4.78, 5) is 14.4. The molecule has 1 N–H and O–H groups in total. The highest BCUT2D eigenvalue weighted by Crippen LogP contribution is 2.28. The van der Waals surface area contributed by atoms with Crippen molar-refractivity contribution in [2.24, 2.45) is 5.92 Å². The Bertz CT molecular complexity index is 1130. The average Bonchev–Trinajstić information content (AvgIpc) is 2.69. The van der Waals surface area contributed by atoms with Crippen LogP contribution in [0.2, 0.25) is 0 Å². The Morgan fingerprint density at radius 1 is 1.17 bits per heavy atom. The lowest BCUT2D eigenvalue weighted by atomic mass is 10.0. The molecule has 35 heavy (non-hydrogen) atoms. The summed E-state index contributed by atoms with van der Waals surface area (Å²) < 4.78 is 102. The monoisotopic (exact) mass is 545 g/mol. The highest BCUT2D eigenvalue weighted by Gasteiger charge is 2.41. The van der Waals surface area contributed by atoms with Gasteiger partial charge >= 0.3 is 6.18 Å². The summed E-state index contributed by atoms with van der Waals surface area (Å²) in [7, 11) is -5.58. The van der Waals surface area contributed by atoms with Gasteiger partial charge in [-0.1, -0.05) is 6.92 Å². The summed E-state index contributed by atoms with van der Waals surface area (Å²) in [5.74, 6) is -3.12. The molecule has 1 aliphatic rings. The predicted octanol–water partition coefficient (Wildman–Crippen LogP) is 1.76. The van der Waals surface area contributed by atoms with Crippen LogP contribution in [0.15, 0.2) is 18.2 Å². The van der Waals surface area contributed by atoms with Gasteiger partial charge in [0, 0.05) is 33.3 Å². The zero-order valence-corrected chi connectivity index (χ0v) is 21.6. The summed E-state index contributed by atoms with van der Waals surface area (Å²) in [5.41, 5.74) is 0.151. The van der Waals surface area contributed by atoms with E-state index in [0.717, 1.165) is 10.6 Å². The van der Waals surface area contributed by atoms with Crippen LogP contribution in [-0.4, -0.2) is 96.1 Å². The zero-order chi connectivity index (χ0) is 26.8. The van der Waals surface area contributed by atoms with E-state index in [1.165, 1.54) is 44.2 Å². The summed E-state index contributed by atoms with van der Waals surface area (Å²) in [5, 5.41) is 0. The normalized spacial score (nSPS) is 23.6. The molecule has 200 valence electrons. The first kappa shape index (κ1) is 29.1. The fourth-order valence-corrected chi connectivity index (χ4v) is 5.90. The maximum Gasteiger partial charge on any atom is 0.404 e. The fraction of sp³-hybridized carbons (Fsp3) is 0.650. The second-order valence-electron chi connectivity index (χ2n) is 8.62. The van der Waals surface area contributed by atoms with Gasteiger partial charge in [-0.2, -0.15) is 17.5 Å². The van der Waals surface area contributed by atoms with Crippen LogP contribution in [0.25, 0.3) is 0 Å². The number of carbonyl (C=O) groups is 1. The lowest BCUT2D eigenvalue weighted by Gasteiger charge is -2.35. The Hall–Kier alpha value is -2.10. The molecule has 0 saturated carbocycles. The maximum atomic E-state index is 13.1. The number of nitrogens with zero attached hydrogens (tertiary/aromatic N) is 2. The number of methoxy groups -OCH3 is 1. The van der Waals surface area contributed by atoms with Crippen molar-refractivity contribution in [2.45, 2.75) is 32.2 Å². The van der Waals surface area contributed by atoms with Crippen molar-refractivity contribution >= 4 is 31.6 Å². The van der Waals surface area contributed by atoms with E-state index in [1.54, 1.807) is 6.92 Å². The van der Waals surface area contributed by atoms with Crippen molar-refractivity contribution in [3.05, 3.63) is 23.8 Å². The van der Waals surface area contributed by atoms with E-state index >= 15 is 0 Å². The van der Waals surface area contributed by atoms with Crippen LogP contribution < -0.4 is 9.46 Å². The fourth-order valence-electron chi connectivity index (χ4n) is 3.69. The first-order valence-electron chi connectivity index (χ1n) is 10.5. The number of hydrogen-bond donors (Lipinski definition) is 1. The van der Waals surface area contributed by atoms with Gasteiger partial charge in [-0.25, -0.2) is 16.8 Å². The van der Waals surface area contributed by atoms with Gasteiger partial charge in [-0.15, -0.1) is 0 Å². The van der Waals surface area contributed by atoms with Crippen molar-refractivity contribution in [1.29, 1.82) is 0 Å². The summed E-state index contributed by atoms with van der Waals surface area (Å²) in [6.45, 7) is 2.33. The summed E-state index contributed by atoms with van der Waals surface area (Å²) in [6.07, 6.45) is -4.70. The van der Waals surface area contributed by atoms with Crippen LogP contribution in [-0.2, 0) is 24.8 Å². The van der Waals surface area contributed by atoms with Crippen LogP contribution in [0.3, 0.4) is 0 Å². The third-order valence-corrected chi connectivity index (χ3v) is 7.92. The molecule has 0 bridgehead atoms. The number of anilines is 1. The molecule has 0 spiro atoms. The molecule has 2 rings (SSSR count). The predicted molar refractivity (Wildman–Crippen MR) is 123 cm³/mol. The molecule has 1 aliphatic heterocycles. The number of likely N-dealkylation sites (N-methyl/N-ethyl adjacent to an activating group) is 1. The van der Waals surface area contributed by atoms with Gasteiger partial charge in [-0.05, 0) is 25.0 Å². The number of nitrogens with one attached hydrogen (secondary N) is 1. The average molecular weight is 546 g/mol. The van der Waals surface area contributed by atoms with E-state index in [4.69, 9.17) is 9.47 Å². The van der Waals surface area contributed by atoms with Crippen molar-refractivity contribution in [1.82, 2.24) is 9.21 Å². The Kier molecular flexibility index (Phi) is 9.06. The SMILES string of the molecule is CO[C@@H]1CN(C)C(=O)c2ccc(NS(C)(=O)=O)cc2OC[C@@H](C)N(S(=O)(=O)CC(F)(F)F)C[C@H]1C. The highest BCUT2D eigenvalue weighted by molar-refractivity contribution is 7.92. The molecule has 0 aliphatic carbocycles. The zero-order valence-electron chi connectivity index (χ0n) is 20.0. The van der Waals surface area contributed by atoms with Crippen LogP contribution in [0.5, 0.6) is 5.75 Å². The van der Waals surface area contributed by atoms with Gasteiger partial charge < -0.3 is 14.4 Å². The van der Waals surface area contributed by atoms with Crippen molar-refractivity contribution in [3.63, 3.8) is 0 Å². The molecule has 0 fully saturated rings. The molecule has 0 unspecified atom stereocenters. The third-order valence-electron chi connectivity index (χ3n) is 5.40. The largest absolute Gasteiger partial charge is 0.491 e. The van der Waals surface area contributed by atoms with Gasteiger partial charge in [0.25, 0.3) is 5.91 Å². The second-order valence-corrected chi connectivity index (χ2v) is 12.3. The molecule has 1 aromatic rings.